The zero-order valence-corrected chi connectivity index (χ0v) is 16.4. The number of hydrogen-bond donors (Lipinski definition) is 0. The topological polar surface area (TPSA) is 71.1 Å². The van der Waals surface area contributed by atoms with Crippen molar-refractivity contribution in [3.63, 3.8) is 0 Å². The quantitative estimate of drug-likeness (QED) is 0.540. The predicted octanol–water partition coefficient (Wildman–Crippen LogP) is 3.32. The van der Waals surface area contributed by atoms with Crippen LogP contribution >= 0.6 is 34.2 Å². The Bertz CT molecular complexity index is 387. The Kier molecular flexibility index (Phi) is 10.6. The third kappa shape index (κ3) is 7.98. The molecule has 0 aliphatic carbocycles. The minimum absolute atomic E-state index is 0.0321. The van der Waals surface area contributed by atoms with E-state index in [-0.39, 0.29) is 23.1 Å². The standard InChI is InChI=1S/C8H16O6P2S4/c1-11-15(17,12-2)19-7(9)5-6-8(10)20-16(18,13-3)14-4/h5-6H2,1-4H3. The van der Waals surface area contributed by atoms with Gasteiger partial charge in [0, 0.05) is 64.0 Å². The first kappa shape index (κ1) is 21.2. The molecule has 0 atom stereocenters. The molecule has 0 radical (unpaired) electrons. The first-order valence-electron chi connectivity index (χ1n) is 5.12. The summed E-state index contributed by atoms with van der Waals surface area (Å²) in [5.74, 6) is 0. The van der Waals surface area contributed by atoms with E-state index in [0.717, 1.165) is 22.8 Å². The van der Waals surface area contributed by atoms with Crippen LogP contribution in [0.4, 0.5) is 0 Å². The van der Waals surface area contributed by atoms with E-state index in [1.807, 2.05) is 0 Å². The van der Waals surface area contributed by atoms with Gasteiger partial charge in [0.15, 0.2) is 10.2 Å². The van der Waals surface area contributed by atoms with Crippen molar-refractivity contribution in [3.05, 3.63) is 0 Å². The molecule has 20 heavy (non-hydrogen) atoms. The summed E-state index contributed by atoms with van der Waals surface area (Å²) < 4.78 is 19.9. The molecule has 0 saturated heterocycles. The van der Waals surface area contributed by atoms with Crippen LogP contribution in [0.5, 0.6) is 0 Å². The molecule has 0 rings (SSSR count). The minimum Gasteiger partial charge on any atom is -0.325 e. The van der Waals surface area contributed by atoms with Crippen molar-refractivity contribution in [2.75, 3.05) is 28.4 Å². The van der Waals surface area contributed by atoms with Gasteiger partial charge in [0.25, 0.3) is 11.4 Å². The molecular formula is C8H16O6P2S4. The summed E-state index contributed by atoms with van der Waals surface area (Å²) in [4.78, 5) is 23.4. The maximum Gasteiger partial charge on any atom is 0.254 e. The molecule has 0 N–H and O–H groups in total. The molecule has 0 aromatic carbocycles. The van der Waals surface area contributed by atoms with Gasteiger partial charge in [0.1, 0.15) is 0 Å². The van der Waals surface area contributed by atoms with Crippen LogP contribution in [-0.2, 0) is 51.3 Å². The molecular weight excluding hydrogens is 382 g/mol. The zero-order chi connectivity index (χ0) is 15.8. The van der Waals surface area contributed by atoms with E-state index in [4.69, 9.17) is 41.7 Å². The maximum atomic E-state index is 11.7. The van der Waals surface area contributed by atoms with Gasteiger partial charge >= 0.3 is 0 Å². The maximum absolute atomic E-state index is 11.7. The van der Waals surface area contributed by atoms with Crippen molar-refractivity contribution in [2.45, 2.75) is 12.8 Å². The van der Waals surface area contributed by atoms with Gasteiger partial charge in [-0.25, -0.2) is 0 Å². The highest BCUT2D eigenvalue weighted by atomic mass is 32.9. The minimum atomic E-state index is -2.63. The van der Waals surface area contributed by atoms with E-state index in [2.05, 4.69) is 0 Å². The van der Waals surface area contributed by atoms with Gasteiger partial charge < -0.3 is 18.1 Å². The van der Waals surface area contributed by atoms with Crippen molar-refractivity contribution in [2.24, 2.45) is 0 Å². The van der Waals surface area contributed by atoms with Gasteiger partial charge in [-0.2, -0.15) is 0 Å². The summed E-state index contributed by atoms with van der Waals surface area (Å²) in [5, 5.41) is -0.511. The Morgan fingerprint density at radius 3 is 1.25 bits per heavy atom. The normalized spacial score (nSPS) is 12.4. The summed E-state index contributed by atoms with van der Waals surface area (Å²) in [6.07, 6.45) is 0.0642. The molecule has 0 heterocycles. The molecule has 0 aromatic rings. The van der Waals surface area contributed by atoms with Crippen LogP contribution in [0, 0.1) is 0 Å². The first-order valence-corrected chi connectivity index (χ1v) is 13.2. The average Bonchev–Trinajstić information content (AvgIpc) is 2.44. The third-order valence-corrected chi connectivity index (χ3v) is 12.4. The molecule has 12 heteroatoms. The molecule has 0 spiro atoms. The fraction of sp³-hybridized carbons (Fsp3) is 0.750. The highest BCUT2D eigenvalue weighted by molar-refractivity contribution is 8.74. The molecule has 0 unspecified atom stereocenters. The second-order valence-corrected chi connectivity index (χ2v) is 15.8. The van der Waals surface area contributed by atoms with Crippen molar-refractivity contribution >= 4 is 68.0 Å². The SMILES string of the molecule is COP(=S)(OC)SC(=O)CCC(=O)SP(=S)(OC)OC. The van der Waals surface area contributed by atoms with Crippen molar-refractivity contribution in [1.82, 2.24) is 0 Å². The molecule has 0 aliphatic rings. The van der Waals surface area contributed by atoms with E-state index in [1.54, 1.807) is 0 Å². The zero-order valence-electron chi connectivity index (χ0n) is 11.4. The molecule has 0 fully saturated rings. The van der Waals surface area contributed by atoms with Crippen LogP contribution in [0.3, 0.4) is 0 Å². The van der Waals surface area contributed by atoms with E-state index < -0.39 is 11.4 Å². The van der Waals surface area contributed by atoms with Crippen LogP contribution < -0.4 is 0 Å². The Morgan fingerprint density at radius 1 is 0.800 bits per heavy atom. The average molecular weight is 398 g/mol. The smallest absolute Gasteiger partial charge is 0.254 e. The van der Waals surface area contributed by atoms with Crippen molar-refractivity contribution in [3.8, 4) is 0 Å². The van der Waals surface area contributed by atoms with Gasteiger partial charge in [-0.15, -0.1) is 0 Å². The summed E-state index contributed by atoms with van der Waals surface area (Å²) in [6.45, 7) is 0. The van der Waals surface area contributed by atoms with E-state index in [1.165, 1.54) is 28.4 Å². The lowest BCUT2D eigenvalue weighted by atomic mass is 10.4. The van der Waals surface area contributed by atoms with Crippen LogP contribution in [0.1, 0.15) is 12.8 Å². The molecule has 0 aliphatic heterocycles. The van der Waals surface area contributed by atoms with Crippen LogP contribution in [0.15, 0.2) is 0 Å². The summed E-state index contributed by atoms with van der Waals surface area (Å²) in [7, 11) is 5.55. The summed E-state index contributed by atoms with van der Waals surface area (Å²) in [6, 6.07) is 0. The molecule has 0 aromatic heterocycles. The fourth-order valence-corrected chi connectivity index (χ4v) is 6.76. The van der Waals surface area contributed by atoms with Gasteiger partial charge in [-0.1, -0.05) is 0 Å². The van der Waals surface area contributed by atoms with Crippen LogP contribution in [0.2, 0.25) is 0 Å². The molecule has 0 bridgehead atoms. The number of carbonyl (C=O) groups excluding carboxylic acids is 2. The highest BCUT2D eigenvalue weighted by Crippen LogP contribution is 2.61. The lowest BCUT2D eigenvalue weighted by molar-refractivity contribution is -0.115. The second kappa shape index (κ2) is 10.0. The number of hydrogen-bond acceptors (Lipinski definition) is 10. The van der Waals surface area contributed by atoms with Crippen molar-refractivity contribution < 1.29 is 27.7 Å². The molecule has 0 saturated carbocycles. The van der Waals surface area contributed by atoms with E-state index >= 15 is 0 Å². The lowest BCUT2D eigenvalue weighted by Crippen LogP contribution is -1.99. The summed E-state index contributed by atoms with van der Waals surface area (Å²) in [5.41, 5.74) is -5.26. The first-order chi connectivity index (χ1) is 9.24. The van der Waals surface area contributed by atoms with Gasteiger partial charge in [-0.05, 0) is 23.6 Å². The lowest BCUT2D eigenvalue weighted by Gasteiger charge is -2.16. The van der Waals surface area contributed by atoms with Gasteiger partial charge in [0.2, 0.25) is 0 Å². The Morgan fingerprint density at radius 2 is 1.05 bits per heavy atom. The highest BCUT2D eigenvalue weighted by Gasteiger charge is 2.25. The molecule has 0 amide bonds. The largest absolute Gasteiger partial charge is 0.325 e. The van der Waals surface area contributed by atoms with E-state index in [0.29, 0.717) is 0 Å². The van der Waals surface area contributed by atoms with Gasteiger partial charge in [-0.3, -0.25) is 9.59 Å². The Labute approximate surface area is 136 Å². The summed E-state index contributed by atoms with van der Waals surface area (Å²) >= 11 is 11.7. The predicted molar refractivity (Wildman–Crippen MR) is 91.0 cm³/mol. The van der Waals surface area contributed by atoms with Crippen LogP contribution in [-0.4, -0.2) is 38.7 Å². The van der Waals surface area contributed by atoms with Gasteiger partial charge in [0.05, 0.1) is 0 Å². The Balaban J connectivity index is 4.30. The van der Waals surface area contributed by atoms with Crippen molar-refractivity contribution in [1.29, 1.82) is 0 Å². The monoisotopic (exact) mass is 398 g/mol. The third-order valence-electron chi connectivity index (χ3n) is 1.85. The molecule has 6 nitrogen and oxygen atoms in total. The fourth-order valence-electron chi connectivity index (χ4n) is 0.843. The number of carbonyl (C=O) groups is 2. The molecule has 118 valence electrons. The van der Waals surface area contributed by atoms with Crippen LogP contribution in [0.25, 0.3) is 0 Å². The number of rotatable bonds is 9. The second-order valence-electron chi connectivity index (χ2n) is 3.05. The Hall–Kier alpha value is 1.18. The van der Waals surface area contributed by atoms with E-state index in [9.17, 15) is 9.59 Å².